The molecule has 2 atom stereocenters. The molecule has 0 saturated heterocycles. The minimum absolute atomic E-state index is 0.179. The van der Waals surface area contributed by atoms with E-state index >= 15 is 0 Å². The van der Waals surface area contributed by atoms with Crippen LogP contribution in [0.5, 0.6) is 0 Å². The summed E-state index contributed by atoms with van der Waals surface area (Å²) in [7, 11) is 0. The summed E-state index contributed by atoms with van der Waals surface area (Å²) >= 11 is 0. The second-order valence-corrected chi connectivity index (χ2v) is 3.52. The van der Waals surface area contributed by atoms with E-state index in [1.165, 1.54) is 0 Å². The molecule has 0 saturated carbocycles. The van der Waals surface area contributed by atoms with Gasteiger partial charge in [-0.25, -0.2) is 0 Å². The molecule has 0 heterocycles. The molecule has 82 valence electrons. The quantitative estimate of drug-likeness (QED) is 0.750. The van der Waals surface area contributed by atoms with Crippen molar-refractivity contribution < 1.29 is 9.84 Å². The van der Waals surface area contributed by atoms with Crippen molar-refractivity contribution in [2.45, 2.75) is 32.7 Å². The van der Waals surface area contributed by atoms with E-state index in [2.05, 4.69) is 0 Å². The molecule has 15 heavy (non-hydrogen) atoms. The Labute approximate surface area is 91.2 Å². The summed E-state index contributed by atoms with van der Waals surface area (Å²) in [5.41, 5.74) is 1.12. The molecule has 0 aliphatic heterocycles. The maximum absolute atomic E-state index is 9.58. The number of rotatable bonds is 5. The summed E-state index contributed by atoms with van der Waals surface area (Å²) < 4.78 is 5.54. The number of allylic oxidation sites excluding steroid dienone is 1. The smallest absolute Gasteiger partial charge is 0.0979 e. The molecule has 0 unspecified atom stereocenters. The molecule has 0 radical (unpaired) electrons. The SMILES string of the molecule is CC=C[C@@H](O)[C@H](C)OCc1ccccc1. The average Bonchev–Trinajstić information content (AvgIpc) is 2.27. The Kier molecular flexibility index (Phi) is 5.08. The lowest BCUT2D eigenvalue weighted by Gasteiger charge is -2.16. The van der Waals surface area contributed by atoms with E-state index in [1.54, 1.807) is 6.08 Å². The summed E-state index contributed by atoms with van der Waals surface area (Å²) in [4.78, 5) is 0. The second kappa shape index (κ2) is 6.38. The van der Waals surface area contributed by atoms with Crippen LogP contribution in [0.15, 0.2) is 42.5 Å². The van der Waals surface area contributed by atoms with Crippen LogP contribution in [0.25, 0.3) is 0 Å². The first-order valence-electron chi connectivity index (χ1n) is 5.20. The Bertz CT molecular complexity index is 293. The summed E-state index contributed by atoms with van der Waals surface area (Å²) in [6, 6.07) is 9.95. The molecule has 0 spiro atoms. The monoisotopic (exact) mass is 206 g/mol. The largest absolute Gasteiger partial charge is 0.386 e. The predicted octanol–water partition coefficient (Wildman–Crippen LogP) is 2.53. The van der Waals surface area contributed by atoms with Crippen LogP contribution < -0.4 is 0 Å². The van der Waals surface area contributed by atoms with Gasteiger partial charge < -0.3 is 9.84 Å². The maximum Gasteiger partial charge on any atom is 0.0979 e. The van der Waals surface area contributed by atoms with E-state index in [1.807, 2.05) is 50.3 Å². The van der Waals surface area contributed by atoms with Gasteiger partial charge in [0.2, 0.25) is 0 Å². The highest BCUT2D eigenvalue weighted by Gasteiger charge is 2.10. The van der Waals surface area contributed by atoms with Crippen LogP contribution in [-0.4, -0.2) is 17.3 Å². The Hall–Kier alpha value is -1.12. The van der Waals surface area contributed by atoms with Crippen LogP contribution in [0.1, 0.15) is 19.4 Å². The van der Waals surface area contributed by atoms with Crippen LogP contribution in [-0.2, 0) is 11.3 Å². The molecule has 1 aromatic carbocycles. The highest BCUT2D eigenvalue weighted by atomic mass is 16.5. The van der Waals surface area contributed by atoms with Crippen molar-refractivity contribution in [1.29, 1.82) is 0 Å². The van der Waals surface area contributed by atoms with Crippen LogP contribution in [0.4, 0.5) is 0 Å². The fourth-order valence-corrected chi connectivity index (χ4v) is 1.25. The molecule has 0 amide bonds. The van der Waals surface area contributed by atoms with E-state index in [0.717, 1.165) is 5.56 Å². The third kappa shape index (κ3) is 4.28. The normalized spacial score (nSPS) is 15.4. The minimum atomic E-state index is -0.529. The van der Waals surface area contributed by atoms with Gasteiger partial charge in [-0.05, 0) is 19.4 Å². The lowest BCUT2D eigenvalue weighted by Crippen LogP contribution is -2.23. The zero-order valence-corrected chi connectivity index (χ0v) is 9.26. The van der Waals surface area contributed by atoms with Crippen LogP contribution >= 0.6 is 0 Å². The lowest BCUT2D eigenvalue weighted by atomic mass is 10.2. The Morgan fingerprint density at radius 2 is 2.00 bits per heavy atom. The first-order chi connectivity index (χ1) is 7.24. The molecule has 0 fully saturated rings. The highest BCUT2D eigenvalue weighted by Crippen LogP contribution is 2.06. The number of aliphatic hydroxyl groups excluding tert-OH is 1. The molecule has 0 bridgehead atoms. The van der Waals surface area contributed by atoms with E-state index in [9.17, 15) is 5.11 Å². The van der Waals surface area contributed by atoms with Crippen molar-refractivity contribution in [3.63, 3.8) is 0 Å². The van der Waals surface area contributed by atoms with E-state index < -0.39 is 6.10 Å². The van der Waals surface area contributed by atoms with Crippen molar-refractivity contribution >= 4 is 0 Å². The maximum atomic E-state index is 9.58. The van der Waals surface area contributed by atoms with Gasteiger partial charge in [0, 0.05) is 0 Å². The molecule has 1 rings (SSSR count). The van der Waals surface area contributed by atoms with Gasteiger partial charge in [0.1, 0.15) is 0 Å². The molecule has 1 N–H and O–H groups in total. The Morgan fingerprint density at radius 3 is 2.60 bits per heavy atom. The number of ether oxygens (including phenoxy) is 1. The fourth-order valence-electron chi connectivity index (χ4n) is 1.25. The highest BCUT2D eigenvalue weighted by molar-refractivity contribution is 5.13. The summed E-state index contributed by atoms with van der Waals surface area (Å²) in [5.74, 6) is 0. The van der Waals surface area contributed by atoms with Gasteiger partial charge in [-0.3, -0.25) is 0 Å². The van der Waals surface area contributed by atoms with Crippen molar-refractivity contribution in [3.8, 4) is 0 Å². The number of benzene rings is 1. The zero-order valence-electron chi connectivity index (χ0n) is 9.26. The van der Waals surface area contributed by atoms with Gasteiger partial charge in [0.25, 0.3) is 0 Å². The van der Waals surface area contributed by atoms with Crippen LogP contribution in [0.2, 0.25) is 0 Å². The second-order valence-electron chi connectivity index (χ2n) is 3.52. The van der Waals surface area contributed by atoms with E-state index in [4.69, 9.17) is 4.74 Å². The topological polar surface area (TPSA) is 29.5 Å². The van der Waals surface area contributed by atoms with E-state index in [-0.39, 0.29) is 6.10 Å². The summed E-state index contributed by atoms with van der Waals surface area (Å²) in [6.07, 6.45) is 2.85. The Morgan fingerprint density at radius 1 is 1.33 bits per heavy atom. The summed E-state index contributed by atoms with van der Waals surface area (Å²) in [6.45, 7) is 4.29. The van der Waals surface area contributed by atoms with Gasteiger partial charge in [0.05, 0.1) is 18.8 Å². The average molecular weight is 206 g/mol. The van der Waals surface area contributed by atoms with Gasteiger partial charge in [-0.1, -0.05) is 42.5 Å². The summed E-state index contributed by atoms with van der Waals surface area (Å²) in [5, 5.41) is 9.58. The third-order valence-electron chi connectivity index (χ3n) is 2.23. The van der Waals surface area contributed by atoms with Gasteiger partial charge >= 0.3 is 0 Å². The van der Waals surface area contributed by atoms with Crippen molar-refractivity contribution in [3.05, 3.63) is 48.0 Å². The van der Waals surface area contributed by atoms with Crippen molar-refractivity contribution in [1.82, 2.24) is 0 Å². The number of aliphatic hydroxyl groups is 1. The van der Waals surface area contributed by atoms with Gasteiger partial charge in [0.15, 0.2) is 0 Å². The molecular formula is C13H18O2. The Balaban J connectivity index is 2.37. The first-order valence-corrected chi connectivity index (χ1v) is 5.20. The molecule has 0 aliphatic carbocycles. The van der Waals surface area contributed by atoms with Gasteiger partial charge in [-0.2, -0.15) is 0 Å². The molecule has 2 nitrogen and oxygen atoms in total. The number of hydrogen-bond acceptors (Lipinski definition) is 2. The lowest BCUT2D eigenvalue weighted by molar-refractivity contribution is -0.0153. The zero-order chi connectivity index (χ0) is 11.1. The molecule has 1 aromatic rings. The van der Waals surface area contributed by atoms with Crippen molar-refractivity contribution in [2.24, 2.45) is 0 Å². The van der Waals surface area contributed by atoms with Crippen LogP contribution in [0, 0.1) is 0 Å². The predicted molar refractivity (Wildman–Crippen MR) is 61.5 cm³/mol. The molecule has 2 heteroatoms. The van der Waals surface area contributed by atoms with Crippen LogP contribution in [0.3, 0.4) is 0 Å². The number of hydrogen-bond donors (Lipinski definition) is 1. The third-order valence-corrected chi connectivity index (χ3v) is 2.23. The standard InChI is InChI=1S/C13H18O2/c1-3-7-13(14)11(2)15-10-12-8-5-4-6-9-12/h3-9,11,13-14H,10H2,1-2H3/t11-,13+/m0/s1. The van der Waals surface area contributed by atoms with Gasteiger partial charge in [-0.15, -0.1) is 0 Å². The molecule has 0 aliphatic rings. The minimum Gasteiger partial charge on any atom is -0.386 e. The van der Waals surface area contributed by atoms with E-state index in [0.29, 0.717) is 6.61 Å². The molecule has 0 aromatic heterocycles. The first kappa shape index (κ1) is 12.0. The van der Waals surface area contributed by atoms with Crippen molar-refractivity contribution in [2.75, 3.05) is 0 Å². The fraction of sp³-hybridized carbons (Fsp3) is 0.385. The molecular weight excluding hydrogens is 188 g/mol.